The fourth-order valence-electron chi connectivity index (χ4n) is 2.96. The summed E-state index contributed by atoms with van der Waals surface area (Å²) < 4.78 is 11.1. The number of H-pyrrole nitrogens is 1. The van der Waals surface area contributed by atoms with Gasteiger partial charge in [0.1, 0.15) is 0 Å². The molecular formula is C19H15NO3. The summed E-state index contributed by atoms with van der Waals surface area (Å²) in [5.41, 5.74) is 3.54. The Labute approximate surface area is 133 Å². The SMILES string of the molecule is COc1cccc2c1O/C(=C\c1c(C)[nH]c3ccccc13)C2=O. The van der Waals surface area contributed by atoms with E-state index in [4.69, 9.17) is 9.47 Å². The average Bonchev–Trinajstić information content (AvgIpc) is 3.06. The zero-order valence-electron chi connectivity index (χ0n) is 12.8. The standard InChI is InChI=1S/C19H15NO3/c1-11-14(12-6-3-4-8-15(12)20-11)10-17-18(21)13-7-5-9-16(22-2)19(13)23-17/h3-10,20H,1-2H3/b17-10-. The number of carbonyl (C=O) groups is 1. The number of ether oxygens (including phenoxy) is 2. The highest BCUT2D eigenvalue weighted by atomic mass is 16.5. The van der Waals surface area contributed by atoms with Crippen LogP contribution in [0.3, 0.4) is 0 Å². The lowest BCUT2D eigenvalue weighted by molar-refractivity contribution is 0.101. The van der Waals surface area contributed by atoms with E-state index in [1.807, 2.05) is 31.2 Å². The third-order valence-corrected chi connectivity index (χ3v) is 4.10. The summed E-state index contributed by atoms with van der Waals surface area (Å²) in [5, 5.41) is 1.07. The molecule has 0 saturated heterocycles. The highest BCUT2D eigenvalue weighted by Crippen LogP contribution is 2.40. The van der Waals surface area contributed by atoms with Gasteiger partial charge < -0.3 is 14.5 Å². The summed E-state index contributed by atoms with van der Waals surface area (Å²) >= 11 is 0. The number of para-hydroxylation sites is 2. The second-order valence-corrected chi connectivity index (χ2v) is 5.49. The summed E-state index contributed by atoms with van der Waals surface area (Å²) in [5.74, 6) is 1.25. The van der Waals surface area contributed by atoms with Crippen molar-refractivity contribution in [1.82, 2.24) is 4.98 Å². The lowest BCUT2D eigenvalue weighted by Gasteiger charge is -2.04. The number of benzene rings is 2. The molecule has 2 heterocycles. The topological polar surface area (TPSA) is 51.3 Å². The Bertz CT molecular complexity index is 966. The van der Waals surface area contributed by atoms with E-state index < -0.39 is 0 Å². The van der Waals surface area contributed by atoms with Gasteiger partial charge in [-0.25, -0.2) is 0 Å². The molecule has 1 aliphatic rings. The molecule has 0 atom stereocenters. The third kappa shape index (κ3) is 2.03. The molecule has 0 saturated carbocycles. The minimum absolute atomic E-state index is 0.122. The van der Waals surface area contributed by atoms with Crippen molar-refractivity contribution in [2.45, 2.75) is 6.92 Å². The fourth-order valence-corrected chi connectivity index (χ4v) is 2.96. The van der Waals surface area contributed by atoms with Gasteiger partial charge in [0.25, 0.3) is 0 Å². The van der Waals surface area contributed by atoms with Crippen LogP contribution in [0.25, 0.3) is 17.0 Å². The Morgan fingerprint density at radius 2 is 1.96 bits per heavy atom. The van der Waals surface area contributed by atoms with Crippen LogP contribution in [-0.4, -0.2) is 17.9 Å². The number of carbonyl (C=O) groups excluding carboxylic acids is 1. The number of nitrogens with one attached hydrogen (secondary N) is 1. The van der Waals surface area contributed by atoms with Gasteiger partial charge in [0.15, 0.2) is 17.3 Å². The number of aromatic amines is 1. The number of ketones is 1. The van der Waals surface area contributed by atoms with Crippen molar-refractivity contribution in [2.75, 3.05) is 7.11 Å². The number of fused-ring (bicyclic) bond motifs is 2. The van der Waals surface area contributed by atoms with E-state index in [9.17, 15) is 4.79 Å². The van der Waals surface area contributed by atoms with Crippen LogP contribution in [-0.2, 0) is 0 Å². The second kappa shape index (κ2) is 5.02. The van der Waals surface area contributed by atoms with Crippen LogP contribution < -0.4 is 9.47 Å². The predicted molar refractivity (Wildman–Crippen MR) is 89.0 cm³/mol. The van der Waals surface area contributed by atoms with E-state index in [-0.39, 0.29) is 5.78 Å². The number of rotatable bonds is 2. The van der Waals surface area contributed by atoms with Crippen molar-refractivity contribution < 1.29 is 14.3 Å². The molecule has 0 radical (unpaired) electrons. The molecule has 0 amide bonds. The monoisotopic (exact) mass is 305 g/mol. The smallest absolute Gasteiger partial charge is 0.232 e. The van der Waals surface area contributed by atoms with Crippen LogP contribution in [0.2, 0.25) is 0 Å². The molecule has 1 aliphatic heterocycles. The van der Waals surface area contributed by atoms with E-state index in [1.54, 1.807) is 31.4 Å². The molecular weight excluding hydrogens is 290 g/mol. The van der Waals surface area contributed by atoms with E-state index in [0.717, 1.165) is 22.2 Å². The zero-order chi connectivity index (χ0) is 16.0. The molecule has 1 aromatic heterocycles. The quantitative estimate of drug-likeness (QED) is 0.725. The minimum Gasteiger partial charge on any atom is -0.493 e. The van der Waals surface area contributed by atoms with Crippen LogP contribution in [0, 0.1) is 6.92 Å². The number of allylic oxidation sites excluding steroid dienone is 1. The first-order chi connectivity index (χ1) is 11.2. The molecule has 1 N–H and O–H groups in total. The maximum atomic E-state index is 12.6. The molecule has 0 fully saturated rings. The lowest BCUT2D eigenvalue weighted by Crippen LogP contribution is -1.98. The molecule has 0 unspecified atom stereocenters. The van der Waals surface area contributed by atoms with Crippen LogP contribution in [0.5, 0.6) is 11.5 Å². The number of aryl methyl sites for hydroxylation is 1. The van der Waals surface area contributed by atoms with E-state index in [2.05, 4.69) is 4.98 Å². The number of methoxy groups -OCH3 is 1. The summed E-state index contributed by atoms with van der Waals surface area (Å²) in [6.45, 7) is 1.99. The van der Waals surface area contributed by atoms with Gasteiger partial charge in [-0.2, -0.15) is 0 Å². The normalized spacial score (nSPS) is 15.0. The molecule has 114 valence electrons. The highest BCUT2D eigenvalue weighted by Gasteiger charge is 2.30. The maximum Gasteiger partial charge on any atom is 0.232 e. The molecule has 23 heavy (non-hydrogen) atoms. The molecule has 4 heteroatoms. The third-order valence-electron chi connectivity index (χ3n) is 4.10. The van der Waals surface area contributed by atoms with Crippen molar-refractivity contribution >= 4 is 22.8 Å². The van der Waals surface area contributed by atoms with Gasteiger partial charge in [-0.15, -0.1) is 0 Å². The largest absolute Gasteiger partial charge is 0.493 e. The number of Topliss-reactive ketones (excluding diaryl/α,β-unsaturated/α-hetero) is 1. The Balaban J connectivity index is 1.84. The Morgan fingerprint density at radius 1 is 1.13 bits per heavy atom. The number of hydrogen-bond donors (Lipinski definition) is 1. The maximum absolute atomic E-state index is 12.6. The predicted octanol–water partition coefficient (Wildman–Crippen LogP) is 4.10. The van der Waals surface area contributed by atoms with Crippen LogP contribution in [0.1, 0.15) is 21.6 Å². The molecule has 0 bridgehead atoms. The van der Waals surface area contributed by atoms with E-state index in [0.29, 0.717) is 22.8 Å². The molecule has 4 nitrogen and oxygen atoms in total. The Morgan fingerprint density at radius 3 is 2.78 bits per heavy atom. The van der Waals surface area contributed by atoms with Gasteiger partial charge >= 0.3 is 0 Å². The Kier molecular flexibility index (Phi) is 2.98. The fraction of sp³-hybridized carbons (Fsp3) is 0.105. The second-order valence-electron chi connectivity index (χ2n) is 5.49. The van der Waals surface area contributed by atoms with Crippen molar-refractivity contribution in [2.24, 2.45) is 0 Å². The van der Waals surface area contributed by atoms with Crippen molar-refractivity contribution in [3.8, 4) is 11.5 Å². The van der Waals surface area contributed by atoms with Gasteiger partial charge in [-0.3, -0.25) is 4.79 Å². The first kappa shape index (κ1) is 13.6. The summed E-state index contributed by atoms with van der Waals surface area (Å²) in [4.78, 5) is 15.9. The van der Waals surface area contributed by atoms with Crippen LogP contribution in [0.15, 0.2) is 48.2 Å². The van der Waals surface area contributed by atoms with Crippen molar-refractivity contribution in [3.05, 3.63) is 65.0 Å². The molecule has 4 rings (SSSR count). The first-order valence-corrected chi connectivity index (χ1v) is 7.37. The minimum atomic E-state index is -0.122. The van der Waals surface area contributed by atoms with E-state index in [1.165, 1.54) is 0 Å². The first-order valence-electron chi connectivity index (χ1n) is 7.37. The molecule has 0 spiro atoms. The van der Waals surface area contributed by atoms with Gasteiger partial charge in [-0.1, -0.05) is 24.3 Å². The molecule has 0 aliphatic carbocycles. The van der Waals surface area contributed by atoms with Crippen LogP contribution in [0.4, 0.5) is 0 Å². The van der Waals surface area contributed by atoms with Gasteiger partial charge in [0.05, 0.1) is 12.7 Å². The van der Waals surface area contributed by atoms with Crippen molar-refractivity contribution in [3.63, 3.8) is 0 Å². The van der Waals surface area contributed by atoms with E-state index >= 15 is 0 Å². The average molecular weight is 305 g/mol. The molecule has 2 aromatic carbocycles. The van der Waals surface area contributed by atoms with Gasteiger partial charge in [0, 0.05) is 22.2 Å². The zero-order valence-corrected chi connectivity index (χ0v) is 12.8. The van der Waals surface area contributed by atoms with Gasteiger partial charge in [0.2, 0.25) is 5.78 Å². The Hall–Kier alpha value is -3.01. The van der Waals surface area contributed by atoms with Crippen LogP contribution >= 0.6 is 0 Å². The highest BCUT2D eigenvalue weighted by molar-refractivity contribution is 6.15. The van der Waals surface area contributed by atoms with Crippen molar-refractivity contribution in [1.29, 1.82) is 0 Å². The summed E-state index contributed by atoms with van der Waals surface area (Å²) in [7, 11) is 1.56. The molecule has 3 aromatic rings. The number of hydrogen-bond acceptors (Lipinski definition) is 3. The summed E-state index contributed by atoms with van der Waals surface area (Å²) in [6, 6.07) is 13.3. The van der Waals surface area contributed by atoms with Gasteiger partial charge in [-0.05, 0) is 31.2 Å². The summed E-state index contributed by atoms with van der Waals surface area (Å²) in [6.07, 6.45) is 1.80. The lowest BCUT2D eigenvalue weighted by atomic mass is 10.1. The number of aromatic nitrogens is 1.